The number of carbonyl (C=O) groups is 6. The van der Waals surface area contributed by atoms with Gasteiger partial charge in [-0.15, -0.1) is 5.06 Å². The summed E-state index contributed by atoms with van der Waals surface area (Å²) in [6.07, 6.45) is 1.08. The Hall–Kier alpha value is -3.02. The second-order valence-electron chi connectivity index (χ2n) is 8.38. The van der Waals surface area contributed by atoms with Gasteiger partial charge in [-0.3, -0.25) is 24.0 Å². The molecule has 0 radical (unpaired) electrons. The van der Waals surface area contributed by atoms with Crippen LogP contribution in [0.1, 0.15) is 53.4 Å². The van der Waals surface area contributed by atoms with Gasteiger partial charge in [0.2, 0.25) is 17.7 Å². The maximum absolute atomic E-state index is 12.6. The molecule has 0 spiro atoms. The van der Waals surface area contributed by atoms with Crippen molar-refractivity contribution in [3.8, 4) is 0 Å². The van der Waals surface area contributed by atoms with E-state index in [9.17, 15) is 28.8 Å². The normalized spacial score (nSPS) is 16.2. The lowest BCUT2D eigenvalue weighted by Gasteiger charge is -2.26. The van der Waals surface area contributed by atoms with E-state index < -0.39 is 54.8 Å². The zero-order valence-corrected chi connectivity index (χ0v) is 19.9. The Labute approximate surface area is 193 Å². The van der Waals surface area contributed by atoms with E-state index in [4.69, 9.17) is 0 Å². The van der Waals surface area contributed by atoms with Crippen LogP contribution >= 0.6 is 0 Å². The molecule has 1 saturated heterocycles. The van der Waals surface area contributed by atoms with Crippen LogP contribution in [0.5, 0.6) is 0 Å². The summed E-state index contributed by atoms with van der Waals surface area (Å²) >= 11 is 0. The molecule has 186 valence electrons. The molecule has 1 aliphatic heterocycles. The third-order valence-electron chi connectivity index (χ3n) is 5.20. The lowest BCUT2D eigenvalue weighted by molar-refractivity contribution is -0.196. The second-order valence-corrected chi connectivity index (χ2v) is 8.38. The Morgan fingerprint density at radius 1 is 0.970 bits per heavy atom. The average Bonchev–Trinajstić information content (AvgIpc) is 3.07. The van der Waals surface area contributed by atoms with E-state index in [-0.39, 0.29) is 30.6 Å². The molecule has 12 nitrogen and oxygen atoms in total. The van der Waals surface area contributed by atoms with Crippen LogP contribution in [0.2, 0.25) is 0 Å². The SMILES string of the molecule is CCC(C)[C@H](NC)C(=O)N[C@@H](CC(C)C)C(=O)NCC(=O)NCC(=O)ON1C(=O)CCC1=O. The molecule has 0 bridgehead atoms. The lowest BCUT2D eigenvalue weighted by atomic mass is 9.97. The van der Waals surface area contributed by atoms with Crippen molar-refractivity contribution in [2.45, 2.75) is 65.5 Å². The number of carbonyl (C=O) groups excluding carboxylic acids is 6. The molecule has 1 heterocycles. The van der Waals surface area contributed by atoms with Gasteiger partial charge in [0.05, 0.1) is 12.6 Å². The fraction of sp³-hybridized carbons (Fsp3) is 0.714. The van der Waals surface area contributed by atoms with Crippen LogP contribution in [-0.4, -0.2) is 72.8 Å². The fourth-order valence-electron chi connectivity index (χ4n) is 3.19. The molecule has 0 aromatic rings. The summed E-state index contributed by atoms with van der Waals surface area (Å²) in [5, 5.41) is 10.8. The number of hydrogen-bond donors (Lipinski definition) is 4. The number of amides is 5. The first-order valence-corrected chi connectivity index (χ1v) is 11.1. The molecule has 0 aromatic heterocycles. The van der Waals surface area contributed by atoms with E-state index in [1.165, 1.54) is 0 Å². The Morgan fingerprint density at radius 3 is 2.09 bits per heavy atom. The summed E-state index contributed by atoms with van der Waals surface area (Å²) in [5.74, 6) is -3.58. The maximum Gasteiger partial charge on any atom is 0.352 e. The molecule has 5 amide bonds. The summed E-state index contributed by atoms with van der Waals surface area (Å²) in [4.78, 5) is 76.5. The van der Waals surface area contributed by atoms with Crippen molar-refractivity contribution in [3.63, 3.8) is 0 Å². The molecule has 1 aliphatic rings. The van der Waals surface area contributed by atoms with Gasteiger partial charge < -0.3 is 26.1 Å². The maximum atomic E-state index is 12.6. The Bertz CT molecular complexity index is 739. The standard InChI is InChI=1S/C21H35N5O7/c1-6-13(4)19(22-5)21(32)25-14(9-12(2)3)20(31)24-10-15(27)23-11-18(30)33-26-16(28)7-8-17(26)29/h12-14,19,22H,6-11H2,1-5H3,(H,23,27)(H,24,31)(H,25,32)/t13?,14-,19-/m0/s1. The molecular weight excluding hydrogens is 434 g/mol. The smallest absolute Gasteiger partial charge is 0.345 e. The molecular formula is C21H35N5O7. The summed E-state index contributed by atoms with van der Waals surface area (Å²) in [6.45, 7) is 6.70. The Morgan fingerprint density at radius 2 is 1.58 bits per heavy atom. The molecule has 1 rings (SSSR count). The van der Waals surface area contributed by atoms with Gasteiger partial charge in [-0.1, -0.05) is 34.1 Å². The summed E-state index contributed by atoms with van der Waals surface area (Å²) in [5.41, 5.74) is 0. The third-order valence-corrected chi connectivity index (χ3v) is 5.20. The highest BCUT2D eigenvalue weighted by Gasteiger charge is 2.33. The van der Waals surface area contributed by atoms with Crippen LogP contribution in [0, 0.1) is 11.8 Å². The number of hydrogen-bond acceptors (Lipinski definition) is 8. The van der Waals surface area contributed by atoms with E-state index in [1.54, 1.807) is 7.05 Å². The largest absolute Gasteiger partial charge is 0.352 e. The van der Waals surface area contributed by atoms with E-state index in [0.717, 1.165) is 6.42 Å². The minimum Gasteiger partial charge on any atom is -0.345 e. The van der Waals surface area contributed by atoms with E-state index in [0.29, 0.717) is 11.5 Å². The molecule has 0 aromatic carbocycles. The number of nitrogens with zero attached hydrogens (tertiary/aromatic N) is 1. The van der Waals surface area contributed by atoms with Crippen molar-refractivity contribution in [3.05, 3.63) is 0 Å². The van der Waals surface area contributed by atoms with Gasteiger partial charge in [0.1, 0.15) is 12.6 Å². The van der Waals surface area contributed by atoms with Crippen molar-refractivity contribution in [1.82, 2.24) is 26.3 Å². The van der Waals surface area contributed by atoms with Crippen molar-refractivity contribution < 1.29 is 33.6 Å². The molecule has 0 saturated carbocycles. The Balaban J connectivity index is 2.54. The molecule has 1 unspecified atom stereocenters. The van der Waals surface area contributed by atoms with Gasteiger partial charge in [0.15, 0.2) is 0 Å². The van der Waals surface area contributed by atoms with Crippen LogP contribution in [0.4, 0.5) is 0 Å². The number of nitrogens with one attached hydrogen (secondary N) is 4. The van der Waals surface area contributed by atoms with E-state index >= 15 is 0 Å². The highest BCUT2D eigenvalue weighted by molar-refractivity contribution is 6.01. The molecule has 33 heavy (non-hydrogen) atoms. The summed E-state index contributed by atoms with van der Waals surface area (Å²) in [6, 6.07) is -1.29. The zero-order valence-electron chi connectivity index (χ0n) is 19.9. The highest BCUT2D eigenvalue weighted by atomic mass is 16.7. The first-order chi connectivity index (χ1) is 15.5. The minimum atomic E-state index is -0.994. The first kappa shape index (κ1) is 28.0. The predicted molar refractivity (Wildman–Crippen MR) is 117 cm³/mol. The lowest BCUT2D eigenvalue weighted by Crippen LogP contribution is -2.55. The summed E-state index contributed by atoms with van der Waals surface area (Å²) < 4.78 is 0. The van der Waals surface area contributed by atoms with Gasteiger partial charge in [-0.25, -0.2) is 4.79 Å². The van der Waals surface area contributed by atoms with E-state index in [1.807, 2.05) is 27.7 Å². The topological polar surface area (TPSA) is 163 Å². The Kier molecular flexibility index (Phi) is 11.5. The van der Waals surface area contributed by atoms with Gasteiger partial charge in [-0.05, 0) is 25.3 Å². The number of likely N-dealkylation sites (N-methyl/N-ethyl adjacent to an activating group) is 1. The predicted octanol–water partition coefficient (Wildman–Crippen LogP) is -1.01. The first-order valence-electron chi connectivity index (χ1n) is 11.1. The number of imide groups is 1. The van der Waals surface area contributed by atoms with Gasteiger partial charge >= 0.3 is 5.97 Å². The van der Waals surface area contributed by atoms with Crippen LogP contribution in [-0.2, 0) is 33.6 Å². The number of rotatable bonds is 13. The molecule has 1 fully saturated rings. The zero-order chi connectivity index (χ0) is 25.1. The average molecular weight is 470 g/mol. The number of hydroxylamine groups is 2. The van der Waals surface area contributed by atoms with Crippen LogP contribution in [0.3, 0.4) is 0 Å². The molecule has 3 atom stereocenters. The van der Waals surface area contributed by atoms with Gasteiger partial charge in [-0.2, -0.15) is 0 Å². The monoisotopic (exact) mass is 469 g/mol. The van der Waals surface area contributed by atoms with Gasteiger partial charge in [0.25, 0.3) is 11.8 Å². The third kappa shape index (κ3) is 9.16. The van der Waals surface area contributed by atoms with Crippen LogP contribution in [0.15, 0.2) is 0 Å². The molecule has 0 aliphatic carbocycles. The second kappa shape index (κ2) is 13.5. The van der Waals surface area contributed by atoms with Crippen LogP contribution < -0.4 is 21.3 Å². The fourth-order valence-corrected chi connectivity index (χ4v) is 3.19. The van der Waals surface area contributed by atoms with Crippen molar-refractivity contribution >= 4 is 35.5 Å². The van der Waals surface area contributed by atoms with Crippen molar-refractivity contribution in [2.75, 3.05) is 20.1 Å². The summed E-state index contributed by atoms with van der Waals surface area (Å²) in [7, 11) is 1.68. The molecule has 12 heteroatoms. The van der Waals surface area contributed by atoms with E-state index in [2.05, 4.69) is 26.1 Å². The molecule has 4 N–H and O–H groups in total. The highest BCUT2D eigenvalue weighted by Crippen LogP contribution is 2.12. The van der Waals surface area contributed by atoms with Gasteiger partial charge in [0, 0.05) is 12.8 Å². The quantitative estimate of drug-likeness (QED) is 0.249. The van der Waals surface area contributed by atoms with Crippen LogP contribution in [0.25, 0.3) is 0 Å². The van der Waals surface area contributed by atoms with Crippen molar-refractivity contribution in [2.24, 2.45) is 11.8 Å². The van der Waals surface area contributed by atoms with Crippen molar-refractivity contribution in [1.29, 1.82) is 0 Å². The minimum absolute atomic E-state index is 0.0367.